The van der Waals surface area contributed by atoms with Crippen LogP contribution in [-0.2, 0) is 33.3 Å². The second-order valence-corrected chi connectivity index (χ2v) is 23.1. The number of carboxylic acid groups (broad SMARTS) is 1. The van der Waals surface area contributed by atoms with E-state index in [1.54, 1.807) is 0 Å². The van der Waals surface area contributed by atoms with Crippen LogP contribution < -0.4 is 0 Å². The van der Waals surface area contributed by atoms with E-state index in [1.807, 2.05) is 21.1 Å². The summed E-state index contributed by atoms with van der Waals surface area (Å²) in [6, 6.07) is 0. The van der Waals surface area contributed by atoms with Crippen LogP contribution in [0, 0.1) is 0 Å². The highest BCUT2D eigenvalue weighted by molar-refractivity contribution is 5.71. The molecule has 0 radical (unpaired) electrons. The van der Waals surface area contributed by atoms with Crippen LogP contribution in [0.4, 0.5) is 0 Å². The van der Waals surface area contributed by atoms with Gasteiger partial charge in [-0.25, -0.2) is 4.79 Å². The van der Waals surface area contributed by atoms with E-state index in [2.05, 4.69) is 50.3 Å². The van der Waals surface area contributed by atoms with Gasteiger partial charge >= 0.3 is 17.9 Å². The van der Waals surface area contributed by atoms with E-state index >= 15 is 0 Å². The molecule has 2 unspecified atom stereocenters. The molecule has 0 aliphatic heterocycles. The van der Waals surface area contributed by atoms with Crippen LogP contribution in [0.15, 0.2) is 36.5 Å². The van der Waals surface area contributed by atoms with Gasteiger partial charge in [-0.3, -0.25) is 9.59 Å². The molecule has 0 amide bonds. The molecule has 0 spiro atoms. The number of esters is 2. The summed E-state index contributed by atoms with van der Waals surface area (Å²) < 4.78 is 22.9. The Balaban J connectivity index is 4.09. The number of rotatable bonds is 60. The van der Waals surface area contributed by atoms with Crippen molar-refractivity contribution in [3.63, 3.8) is 0 Å². The molecule has 0 saturated heterocycles. The number of hydrogen-bond donors (Lipinski definition) is 1. The number of likely N-dealkylation sites (N-methyl/N-ethyl adjacent to an activating group) is 1. The van der Waals surface area contributed by atoms with E-state index in [9.17, 15) is 19.5 Å². The zero-order valence-corrected chi connectivity index (χ0v) is 50.2. The number of carboxylic acids is 1. The number of carbonyl (C=O) groups excluding carboxylic acids is 2. The normalized spacial score (nSPS) is 12.9. The van der Waals surface area contributed by atoms with Crippen LogP contribution in [0.5, 0.6) is 0 Å². The maximum atomic E-state index is 12.9. The Morgan fingerprint density at radius 1 is 0.400 bits per heavy atom. The highest BCUT2D eigenvalue weighted by Gasteiger charge is 2.25. The summed E-state index contributed by atoms with van der Waals surface area (Å²) in [7, 11) is 5.97. The SMILES string of the molecule is CCCCC/C=C\C/C=C\C/C=C\CCCCCCCCC(=O)OC(COC(=O)CCCCCCCCCCCCCCCCCCCCCCCCCCCCCCCCC)COC(OCC[N+](C)(C)C)C(=O)O. The molecular weight excluding hydrogens is 935 g/mol. The molecular formula is C66H124NO8+. The summed E-state index contributed by atoms with van der Waals surface area (Å²) in [5, 5.41) is 9.71. The molecule has 1 N–H and O–H groups in total. The maximum Gasteiger partial charge on any atom is 0.361 e. The van der Waals surface area contributed by atoms with Gasteiger partial charge in [-0.1, -0.05) is 281 Å². The van der Waals surface area contributed by atoms with Crippen LogP contribution in [0.3, 0.4) is 0 Å². The van der Waals surface area contributed by atoms with Gasteiger partial charge in [-0.15, -0.1) is 0 Å². The average Bonchev–Trinajstić information content (AvgIpc) is 3.38. The largest absolute Gasteiger partial charge is 0.477 e. The smallest absolute Gasteiger partial charge is 0.361 e. The Kier molecular flexibility index (Phi) is 55.8. The van der Waals surface area contributed by atoms with Gasteiger partial charge in [-0.05, 0) is 51.4 Å². The van der Waals surface area contributed by atoms with Crippen molar-refractivity contribution in [2.75, 3.05) is 47.5 Å². The van der Waals surface area contributed by atoms with Crippen molar-refractivity contribution in [2.24, 2.45) is 0 Å². The predicted octanol–water partition coefficient (Wildman–Crippen LogP) is 19.2. The summed E-state index contributed by atoms with van der Waals surface area (Å²) in [4.78, 5) is 37.5. The van der Waals surface area contributed by atoms with Crippen molar-refractivity contribution >= 4 is 17.9 Å². The summed E-state index contributed by atoms with van der Waals surface area (Å²) in [6.45, 7) is 4.88. The van der Waals surface area contributed by atoms with Crippen LogP contribution in [0.25, 0.3) is 0 Å². The molecule has 0 rings (SSSR count). The minimum Gasteiger partial charge on any atom is -0.477 e. The molecule has 0 aromatic heterocycles. The number of aliphatic carboxylic acids is 1. The van der Waals surface area contributed by atoms with Crippen LogP contribution in [0.2, 0.25) is 0 Å². The van der Waals surface area contributed by atoms with E-state index < -0.39 is 24.3 Å². The number of hydrogen-bond acceptors (Lipinski definition) is 7. The highest BCUT2D eigenvalue weighted by atomic mass is 16.7. The summed E-state index contributed by atoms with van der Waals surface area (Å²) in [5.74, 6) is -2.00. The van der Waals surface area contributed by atoms with Crippen molar-refractivity contribution in [1.29, 1.82) is 0 Å². The summed E-state index contributed by atoms with van der Waals surface area (Å²) >= 11 is 0. The molecule has 0 aliphatic carbocycles. The zero-order chi connectivity index (χ0) is 54.8. The lowest BCUT2D eigenvalue weighted by Gasteiger charge is -2.25. The van der Waals surface area contributed by atoms with E-state index in [1.165, 1.54) is 218 Å². The van der Waals surface area contributed by atoms with Gasteiger partial charge < -0.3 is 28.5 Å². The third-order valence-electron chi connectivity index (χ3n) is 14.4. The van der Waals surface area contributed by atoms with Crippen molar-refractivity contribution in [2.45, 2.75) is 322 Å². The summed E-state index contributed by atoms with van der Waals surface area (Å²) in [6.07, 6.45) is 68.2. The van der Waals surface area contributed by atoms with Crippen molar-refractivity contribution < 1.29 is 42.9 Å². The predicted molar refractivity (Wildman–Crippen MR) is 318 cm³/mol. The first kappa shape index (κ1) is 72.5. The van der Waals surface area contributed by atoms with Crippen molar-refractivity contribution in [3.8, 4) is 0 Å². The van der Waals surface area contributed by atoms with E-state index in [0.29, 0.717) is 23.9 Å². The standard InChI is InChI=1S/C66H123NO8/c1-6-8-10-12-14-16-18-20-22-24-26-27-28-29-30-31-32-33-34-35-36-37-39-40-42-44-46-48-50-52-54-56-63(68)73-60-62(61-74-66(65(70)71)72-59-58-67(3,4)5)75-64(69)57-55-53-51-49-47-45-43-41-38-25-23-21-19-17-15-13-11-9-7-2/h15,17,21,23,38,41,62,66H,6-14,16,18-20,22,24-37,39-40,42-61H2,1-5H3/p+1/b17-15-,23-21-,41-38-. The first-order valence-electron chi connectivity index (χ1n) is 32.2. The fourth-order valence-corrected chi connectivity index (χ4v) is 9.44. The van der Waals surface area contributed by atoms with Crippen LogP contribution in [0.1, 0.15) is 309 Å². The molecule has 0 aliphatic rings. The quantitative estimate of drug-likeness (QED) is 0.0211. The van der Waals surface area contributed by atoms with Gasteiger partial charge in [-0.2, -0.15) is 0 Å². The molecule has 0 fully saturated rings. The zero-order valence-electron chi connectivity index (χ0n) is 50.2. The Morgan fingerprint density at radius 2 is 0.720 bits per heavy atom. The molecule has 0 bridgehead atoms. The third kappa shape index (κ3) is 59.0. The monoisotopic (exact) mass is 1060 g/mol. The number of ether oxygens (including phenoxy) is 4. The van der Waals surface area contributed by atoms with Gasteiger partial charge in [0.05, 0.1) is 34.4 Å². The first-order chi connectivity index (χ1) is 36.6. The Bertz CT molecular complexity index is 1320. The highest BCUT2D eigenvalue weighted by Crippen LogP contribution is 2.18. The number of allylic oxidation sites excluding steroid dienone is 6. The molecule has 9 nitrogen and oxygen atoms in total. The lowest BCUT2D eigenvalue weighted by atomic mass is 10.0. The van der Waals surface area contributed by atoms with Gasteiger partial charge in [0.15, 0.2) is 6.10 Å². The van der Waals surface area contributed by atoms with Gasteiger partial charge in [0.1, 0.15) is 13.2 Å². The van der Waals surface area contributed by atoms with Crippen molar-refractivity contribution in [3.05, 3.63) is 36.5 Å². The van der Waals surface area contributed by atoms with E-state index in [0.717, 1.165) is 57.8 Å². The van der Waals surface area contributed by atoms with Gasteiger partial charge in [0, 0.05) is 12.8 Å². The minimum atomic E-state index is -1.51. The number of carbonyl (C=O) groups is 3. The van der Waals surface area contributed by atoms with E-state index in [-0.39, 0.29) is 32.2 Å². The molecule has 440 valence electrons. The molecule has 0 saturated carbocycles. The van der Waals surface area contributed by atoms with Gasteiger partial charge in [0.2, 0.25) is 0 Å². The third-order valence-corrected chi connectivity index (χ3v) is 14.4. The fourth-order valence-electron chi connectivity index (χ4n) is 9.44. The molecule has 0 aromatic rings. The Morgan fingerprint density at radius 3 is 1.09 bits per heavy atom. The number of unbranched alkanes of at least 4 members (excludes halogenated alkanes) is 39. The fraction of sp³-hybridized carbons (Fsp3) is 0.864. The molecule has 0 heterocycles. The Labute approximate surface area is 464 Å². The minimum absolute atomic E-state index is 0.184. The molecule has 0 aromatic carbocycles. The van der Waals surface area contributed by atoms with Crippen LogP contribution in [-0.4, -0.2) is 87.4 Å². The maximum absolute atomic E-state index is 12.9. The van der Waals surface area contributed by atoms with E-state index in [4.69, 9.17) is 18.9 Å². The molecule has 2 atom stereocenters. The number of nitrogens with zero attached hydrogens (tertiary/aromatic N) is 1. The van der Waals surface area contributed by atoms with Crippen LogP contribution >= 0.6 is 0 Å². The van der Waals surface area contributed by atoms with Crippen molar-refractivity contribution in [1.82, 2.24) is 0 Å². The Hall–Kier alpha value is -2.49. The molecule has 9 heteroatoms. The number of quaternary nitrogens is 1. The second kappa shape index (κ2) is 57.7. The summed E-state index contributed by atoms with van der Waals surface area (Å²) in [5.41, 5.74) is 0. The lowest BCUT2D eigenvalue weighted by Crippen LogP contribution is -2.40. The topological polar surface area (TPSA) is 108 Å². The molecule has 75 heavy (non-hydrogen) atoms. The lowest BCUT2D eigenvalue weighted by molar-refractivity contribution is -0.870. The average molecular weight is 1060 g/mol. The second-order valence-electron chi connectivity index (χ2n) is 23.1. The van der Waals surface area contributed by atoms with Gasteiger partial charge in [0.25, 0.3) is 6.29 Å². The first-order valence-corrected chi connectivity index (χ1v) is 32.2.